The van der Waals surface area contributed by atoms with E-state index in [1.165, 1.54) is 7.05 Å². The summed E-state index contributed by atoms with van der Waals surface area (Å²) in [6.45, 7) is 2.10. The number of aliphatic hydroxyl groups is 1. The van der Waals surface area contributed by atoms with Crippen LogP contribution in [0.4, 0.5) is 0 Å². The largest absolute Gasteiger partial charge is 0.396 e. The maximum Gasteiger partial charge on any atom is 0.279 e. The summed E-state index contributed by atoms with van der Waals surface area (Å²) >= 11 is 0. The minimum atomic E-state index is -3.51. The van der Waals surface area contributed by atoms with E-state index in [9.17, 15) is 8.42 Å². The van der Waals surface area contributed by atoms with E-state index >= 15 is 0 Å². The summed E-state index contributed by atoms with van der Waals surface area (Å²) in [5, 5.41) is 12.3. The highest BCUT2D eigenvalue weighted by Gasteiger charge is 2.16. The van der Waals surface area contributed by atoms with Crippen LogP contribution in [-0.2, 0) is 16.6 Å². The number of aryl methyl sites for hydroxylation is 1. The van der Waals surface area contributed by atoms with Gasteiger partial charge in [-0.25, -0.2) is 4.72 Å². The quantitative estimate of drug-likeness (QED) is 0.636. The molecule has 0 atom stereocenters. The van der Waals surface area contributed by atoms with Gasteiger partial charge in [0, 0.05) is 40.1 Å². The predicted octanol–water partition coefficient (Wildman–Crippen LogP) is -0.931. The molecule has 0 aliphatic carbocycles. The minimum Gasteiger partial charge on any atom is -0.396 e. The van der Waals surface area contributed by atoms with Crippen molar-refractivity contribution in [3.05, 3.63) is 11.7 Å². The normalized spacial score (nSPS) is 12.2. The molecule has 0 spiro atoms. The second-order valence-electron chi connectivity index (χ2n) is 3.78. The molecule has 2 N–H and O–H groups in total. The van der Waals surface area contributed by atoms with Gasteiger partial charge in [-0.3, -0.25) is 0 Å². The molecule has 8 nitrogen and oxygen atoms in total. The predicted molar refractivity (Wildman–Crippen MR) is 64.0 cm³/mol. The Balaban J connectivity index is 2.37. The number of rotatable bonds is 8. The van der Waals surface area contributed by atoms with Crippen LogP contribution in [0.1, 0.15) is 18.1 Å². The summed E-state index contributed by atoms with van der Waals surface area (Å²) in [4.78, 5) is 3.97. The van der Waals surface area contributed by atoms with Crippen LogP contribution in [0.15, 0.2) is 4.52 Å². The molecule has 0 radical (unpaired) electrons. The Bertz CT molecular complexity index is 459. The van der Waals surface area contributed by atoms with Crippen LogP contribution in [0.5, 0.6) is 0 Å². The minimum absolute atomic E-state index is 0.0397. The Labute approximate surface area is 106 Å². The smallest absolute Gasteiger partial charge is 0.279 e. The van der Waals surface area contributed by atoms with Gasteiger partial charge in [-0.15, -0.1) is 0 Å². The van der Waals surface area contributed by atoms with Crippen LogP contribution in [0.3, 0.4) is 0 Å². The Morgan fingerprint density at radius 3 is 2.78 bits per heavy atom. The first kappa shape index (κ1) is 15.0. The van der Waals surface area contributed by atoms with Crippen LogP contribution in [0.25, 0.3) is 0 Å². The number of nitrogens with one attached hydrogen (secondary N) is 1. The summed E-state index contributed by atoms with van der Waals surface area (Å²) < 4.78 is 31.8. The lowest BCUT2D eigenvalue weighted by Gasteiger charge is -2.16. The first-order valence-corrected chi connectivity index (χ1v) is 7.00. The molecule has 9 heteroatoms. The van der Waals surface area contributed by atoms with Gasteiger partial charge in [-0.2, -0.15) is 17.7 Å². The molecule has 0 fully saturated rings. The Kier molecular flexibility index (Phi) is 5.66. The van der Waals surface area contributed by atoms with Gasteiger partial charge in [-0.1, -0.05) is 5.16 Å². The topological polar surface area (TPSA) is 109 Å². The van der Waals surface area contributed by atoms with Crippen molar-refractivity contribution >= 4 is 10.2 Å². The maximum absolute atomic E-state index is 11.7. The number of aromatic nitrogens is 2. The van der Waals surface area contributed by atoms with E-state index in [4.69, 9.17) is 9.63 Å². The van der Waals surface area contributed by atoms with E-state index < -0.39 is 10.2 Å². The number of hydrogen-bond donors (Lipinski definition) is 2. The highest BCUT2D eigenvalue weighted by atomic mass is 32.2. The summed E-state index contributed by atoms with van der Waals surface area (Å²) in [5.41, 5.74) is 0. The van der Waals surface area contributed by atoms with Gasteiger partial charge in [0.15, 0.2) is 5.82 Å². The summed E-state index contributed by atoms with van der Waals surface area (Å²) in [7, 11) is -2.05. The molecule has 1 aromatic heterocycles. The molecule has 0 amide bonds. The summed E-state index contributed by atoms with van der Waals surface area (Å²) in [5.74, 6) is 0.918. The monoisotopic (exact) mass is 278 g/mol. The molecule has 18 heavy (non-hydrogen) atoms. The van der Waals surface area contributed by atoms with Gasteiger partial charge < -0.3 is 9.63 Å². The number of hydrogen-bond acceptors (Lipinski definition) is 6. The first-order chi connectivity index (χ1) is 8.45. The molecule has 1 heterocycles. The second-order valence-corrected chi connectivity index (χ2v) is 5.64. The fourth-order valence-electron chi connectivity index (χ4n) is 1.26. The van der Waals surface area contributed by atoms with Crippen molar-refractivity contribution in [1.29, 1.82) is 0 Å². The Morgan fingerprint density at radius 2 is 2.22 bits per heavy atom. The second kappa shape index (κ2) is 6.78. The fourth-order valence-corrected chi connectivity index (χ4v) is 2.21. The molecule has 0 saturated carbocycles. The molecular formula is C9H18N4O4S. The van der Waals surface area contributed by atoms with E-state index in [1.54, 1.807) is 6.92 Å². The van der Waals surface area contributed by atoms with E-state index in [2.05, 4.69) is 14.9 Å². The van der Waals surface area contributed by atoms with Crippen molar-refractivity contribution in [2.45, 2.75) is 19.8 Å². The molecule has 1 aromatic rings. The lowest BCUT2D eigenvalue weighted by atomic mass is 10.4. The van der Waals surface area contributed by atoms with Gasteiger partial charge in [0.25, 0.3) is 10.2 Å². The van der Waals surface area contributed by atoms with Gasteiger partial charge in [0.1, 0.15) is 0 Å². The Morgan fingerprint density at radius 1 is 1.50 bits per heavy atom. The van der Waals surface area contributed by atoms with Crippen LogP contribution in [0, 0.1) is 6.92 Å². The van der Waals surface area contributed by atoms with E-state index in [0.29, 0.717) is 24.6 Å². The third-order valence-corrected chi connectivity index (χ3v) is 3.82. The van der Waals surface area contributed by atoms with Crippen molar-refractivity contribution < 1.29 is 18.0 Å². The summed E-state index contributed by atoms with van der Waals surface area (Å²) in [6, 6.07) is 0. The standard InChI is InChI=1S/C9H18N4O4S/c1-8-11-9(12-17-8)4-5-10-18(15,16)13(2)6-3-7-14/h10,14H,3-7H2,1-2H3. The number of aliphatic hydroxyl groups excluding tert-OH is 1. The number of nitrogens with zero attached hydrogens (tertiary/aromatic N) is 3. The highest BCUT2D eigenvalue weighted by molar-refractivity contribution is 7.87. The molecule has 0 unspecified atom stereocenters. The van der Waals surface area contributed by atoms with Crippen molar-refractivity contribution in [1.82, 2.24) is 19.2 Å². The molecular weight excluding hydrogens is 260 g/mol. The zero-order valence-electron chi connectivity index (χ0n) is 10.5. The van der Waals surface area contributed by atoms with Crippen LogP contribution < -0.4 is 4.72 Å². The van der Waals surface area contributed by atoms with Crippen LogP contribution in [-0.4, -0.2) is 54.7 Å². The lowest BCUT2D eigenvalue weighted by Crippen LogP contribution is -2.39. The van der Waals surface area contributed by atoms with Crippen LogP contribution in [0.2, 0.25) is 0 Å². The lowest BCUT2D eigenvalue weighted by molar-refractivity contribution is 0.275. The molecule has 104 valence electrons. The molecule has 0 aromatic carbocycles. The van der Waals surface area contributed by atoms with Crippen molar-refractivity contribution in [2.24, 2.45) is 0 Å². The van der Waals surface area contributed by atoms with Gasteiger partial charge in [-0.05, 0) is 6.42 Å². The molecule has 0 saturated heterocycles. The third-order valence-electron chi connectivity index (χ3n) is 2.24. The molecule has 0 bridgehead atoms. The van der Waals surface area contributed by atoms with Gasteiger partial charge in [0.05, 0.1) is 0 Å². The average molecular weight is 278 g/mol. The Hall–Kier alpha value is -1.03. The van der Waals surface area contributed by atoms with Gasteiger partial charge in [0.2, 0.25) is 5.89 Å². The van der Waals surface area contributed by atoms with E-state index in [0.717, 1.165) is 4.31 Å². The van der Waals surface area contributed by atoms with E-state index in [-0.39, 0.29) is 19.7 Å². The van der Waals surface area contributed by atoms with Crippen molar-refractivity contribution in [2.75, 3.05) is 26.7 Å². The van der Waals surface area contributed by atoms with Crippen LogP contribution >= 0.6 is 0 Å². The van der Waals surface area contributed by atoms with Crippen molar-refractivity contribution in [3.63, 3.8) is 0 Å². The third kappa shape index (κ3) is 4.69. The van der Waals surface area contributed by atoms with E-state index in [1.807, 2.05) is 0 Å². The first-order valence-electron chi connectivity index (χ1n) is 5.56. The SMILES string of the molecule is Cc1nc(CCNS(=O)(=O)N(C)CCCO)no1. The molecule has 0 aliphatic rings. The average Bonchev–Trinajstić information content (AvgIpc) is 2.71. The molecule has 0 aliphatic heterocycles. The zero-order chi connectivity index (χ0) is 13.6. The zero-order valence-corrected chi connectivity index (χ0v) is 11.3. The van der Waals surface area contributed by atoms with Crippen molar-refractivity contribution in [3.8, 4) is 0 Å². The summed E-state index contributed by atoms with van der Waals surface area (Å²) in [6.07, 6.45) is 0.770. The van der Waals surface area contributed by atoms with Gasteiger partial charge >= 0.3 is 0 Å². The fraction of sp³-hybridized carbons (Fsp3) is 0.778. The molecule has 1 rings (SSSR count). The highest BCUT2D eigenvalue weighted by Crippen LogP contribution is 1.98. The maximum atomic E-state index is 11.7.